The van der Waals surface area contributed by atoms with Crippen LogP contribution in [0.3, 0.4) is 0 Å². The molecule has 2 aromatic carbocycles. The van der Waals surface area contributed by atoms with E-state index in [1.54, 1.807) is 19.2 Å². The minimum atomic E-state index is -0.350. The van der Waals surface area contributed by atoms with E-state index in [1.807, 2.05) is 17.0 Å². The van der Waals surface area contributed by atoms with Gasteiger partial charge in [-0.25, -0.2) is 4.39 Å². The molecule has 1 saturated heterocycles. The maximum atomic E-state index is 13.9. The number of carbonyl (C=O) groups excluding carboxylic acids is 1. The highest BCUT2D eigenvalue weighted by molar-refractivity contribution is 5.90. The van der Waals surface area contributed by atoms with Crippen LogP contribution >= 0.6 is 0 Å². The number of ether oxygens (including phenoxy) is 1. The lowest BCUT2D eigenvalue weighted by atomic mass is 9.68. The fourth-order valence-corrected chi connectivity index (χ4v) is 7.44. The fraction of sp³-hybridized carbons (Fsp3) is 0.516. The first kappa shape index (κ1) is 25.4. The maximum absolute atomic E-state index is 13.9. The zero-order valence-corrected chi connectivity index (χ0v) is 22.5. The minimum Gasteiger partial charge on any atom is -0.497 e. The summed E-state index contributed by atoms with van der Waals surface area (Å²) < 4.78 is 21.5. The summed E-state index contributed by atoms with van der Waals surface area (Å²) in [6.45, 7) is 3.01. The van der Waals surface area contributed by atoms with Crippen molar-refractivity contribution in [3.05, 3.63) is 65.1 Å². The van der Waals surface area contributed by atoms with Gasteiger partial charge in [0, 0.05) is 48.6 Å². The second-order valence-electron chi connectivity index (χ2n) is 11.5. The second kappa shape index (κ2) is 10.0. The topological polar surface area (TPSA) is 57.9 Å². The van der Waals surface area contributed by atoms with Crippen LogP contribution in [-0.2, 0) is 23.8 Å². The number of hydrogen-bond acceptors (Lipinski definition) is 4. The van der Waals surface area contributed by atoms with E-state index in [4.69, 9.17) is 4.74 Å². The minimum absolute atomic E-state index is 0.0606. The van der Waals surface area contributed by atoms with Crippen molar-refractivity contribution >= 4 is 16.8 Å². The Balaban J connectivity index is 1.40. The van der Waals surface area contributed by atoms with Crippen LogP contribution in [-0.4, -0.2) is 58.7 Å². The molecular formula is C31H38FN3O3. The number of aromatic nitrogens is 1. The lowest BCUT2D eigenvalue weighted by molar-refractivity contribution is -0.141. The van der Waals surface area contributed by atoms with Crippen LogP contribution < -0.4 is 4.74 Å². The van der Waals surface area contributed by atoms with Gasteiger partial charge in [-0.3, -0.25) is 9.69 Å². The number of piperidine rings is 1. The summed E-state index contributed by atoms with van der Waals surface area (Å²) in [4.78, 5) is 18.3. The molecule has 6 nitrogen and oxygen atoms in total. The van der Waals surface area contributed by atoms with Crippen LogP contribution in [0.4, 0.5) is 4.39 Å². The van der Waals surface area contributed by atoms with E-state index < -0.39 is 0 Å². The number of aryl methyl sites for hydroxylation is 1. The predicted octanol–water partition coefficient (Wildman–Crippen LogP) is 4.93. The molecule has 1 atom stereocenters. The molecule has 1 spiro atoms. The van der Waals surface area contributed by atoms with Gasteiger partial charge in [0.1, 0.15) is 11.6 Å². The molecule has 1 saturated carbocycles. The number of hydrogen-bond donors (Lipinski definition) is 1. The van der Waals surface area contributed by atoms with Gasteiger partial charge < -0.3 is 19.3 Å². The molecule has 3 heterocycles. The standard InChI is InChI=1S/C31H38FN3O3/c1-33-26-17-24(38-2)10-11-25(26)28-29(33)27(19-36)35(30(37)22-7-3-4-8-22)20-31(28)12-14-34(15-13-31)18-21-6-5-9-23(32)16-21/h5-6,9-11,16-17,22,27,36H,3-4,7-8,12-15,18-20H2,1-2H3/t27-/m1/s1. The quantitative estimate of drug-likeness (QED) is 0.520. The van der Waals surface area contributed by atoms with Crippen LogP contribution in [0.5, 0.6) is 5.75 Å². The van der Waals surface area contributed by atoms with E-state index in [-0.39, 0.29) is 35.7 Å². The normalized spacial score (nSPS) is 21.8. The molecule has 7 heteroatoms. The van der Waals surface area contributed by atoms with Crippen molar-refractivity contribution in [2.24, 2.45) is 13.0 Å². The van der Waals surface area contributed by atoms with Gasteiger partial charge in [0.05, 0.1) is 25.3 Å². The Kier molecular flexibility index (Phi) is 6.68. The molecule has 2 aliphatic heterocycles. The van der Waals surface area contributed by atoms with E-state index in [9.17, 15) is 14.3 Å². The molecule has 0 unspecified atom stereocenters. The number of aliphatic hydroxyl groups excluding tert-OH is 1. The third-order valence-corrected chi connectivity index (χ3v) is 9.42. The number of amides is 1. The zero-order chi connectivity index (χ0) is 26.4. The highest BCUT2D eigenvalue weighted by atomic mass is 19.1. The van der Waals surface area contributed by atoms with E-state index >= 15 is 0 Å². The van der Waals surface area contributed by atoms with Gasteiger partial charge in [0.25, 0.3) is 0 Å². The first-order valence-electron chi connectivity index (χ1n) is 14.0. The average Bonchev–Trinajstić information content (AvgIpc) is 3.57. The van der Waals surface area contributed by atoms with Crippen molar-refractivity contribution < 1.29 is 19.0 Å². The Hall–Kier alpha value is -2.90. The van der Waals surface area contributed by atoms with Gasteiger partial charge in [0.15, 0.2) is 0 Å². The van der Waals surface area contributed by atoms with Crippen molar-refractivity contribution in [2.45, 2.75) is 56.5 Å². The van der Waals surface area contributed by atoms with Gasteiger partial charge in [-0.1, -0.05) is 25.0 Å². The molecule has 6 rings (SSSR count). The summed E-state index contributed by atoms with van der Waals surface area (Å²) in [5.74, 6) is 0.867. The van der Waals surface area contributed by atoms with Gasteiger partial charge in [-0.05, 0) is 74.2 Å². The SMILES string of the molecule is COc1ccc2c3c(n(C)c2c1)[C@@H](CO)N(C(=O)C1CCCC1)CC31CCN(Cc2cccc(F)c2)CC1. The lowest BCUT2D eigenvalue weighted by Gasteiger charge is -2.51. The van der Waals surface area contributed by atoms with Crippen LogP contribution in [0.1, 0.15) is 61.4 Å². The van der Waals surface area contributed by atoms with Crippen LogP contribution in [0.15, 0.2) is 42.5 Å². The van der Waals surface area contributed by atoms with Crippen LogP contribution in [0.25, 0.3) is 10.9 Å². The van der Waals surface area contributed by atoms with Gasteiger partial charge in [-0.15, -0.1) is 0 Å². The number of likely N-dealkylation sites (tertiary alicyclic amines) is 1. The highest BCUT2D eigenvalue weighted by Gasteiger charge is 2.50. The lowest BCUT2D eigenvalue weighted by Crippen LogP contribution is -2.56. The maximum Gasteiger partial charge on any atom is 0.226 e. The number of rotatable bonds is 5. The van der Waals surface area contributed by atoms with Gasteiger partial charge in [-0.2, -0.15) is 0 Å². The summed E-state index contributed by atoms with van der Waals surface area (Å²) in [6.07, 6.45) is 5.92. The summed E-state index contributed by atoms with van der Waals surface area (Å²) in [6, 6.07) is 12.7. The number of fused-ring (bicyclic) bond motifs is 4. The summed E-state index contributed by atoms with van der Waals surface area (Å²) in [5.41, 5.74) is 4.22. The van der Waals surface area contributed by atoms with E-state index in [0.717, 1.165) is 80.7 Å². The molecule has 2 fully saturated rings. The Morgan fingerprint density at radius 1 is 1.13 bits per heavy atom. The number of benzene rings is 2. The number of carbonyl (C=O) groups is 1. The Morgan fingerprint density at radius 2 is 1.89 bits per heavy atom. The highest BCUT2D eigenvalue weighted by Crippen LogP contribution is 2.51. The molecular weight excluding hydrogens is 481 g/mol. The van der Waals surface area contributed by atoms with E-state index in [2.05, 4.69) is 28.6 Å². The molecule has 1 N–H and O–H groups in total. The Bertz CT molecular complexity index is 1340. The summed E-state index contributed by atoms with van der Waals surface area (Å²) in [5, 5.41) is 11.9. The predicted molar refractivity (Wildman–Crippen MR) is 146 cm³/mol. The Labute approximate surface area is 224 Å². The van der Waals surface area contributed by atoms with E-state index in [1.165, 1.54) is 17.0 Å². The zero-order valence-electron chi connectivity index (χ0n) is 22.5. The first-order valence-corrected chi connectivity index (χ1v) is 14.0. The van der Waals surface area contributed by atoms with Crippen molar-refractivity contribution in [1.29, 1.82) is 0 Å². The summed E-state index contributed by atoms with van der Waals surface area (Å²) >= 11 is 0. The third-order valence-electron chi connectivity index (χ3n) is 9.42. The largest absolute Gasteiger partial charge is 0.497 e. The Morgan fingerprint density at radius 3 is 2.58 bits per heavy atom. The van der Waals surface area contributed by atoms with Gasteiger partial charge in [0.2, 0.25) is 5.91 Å². The molecule has 1 amide bonds. The number of aliphatic hydroxyl groups is 1. The molecule has 0 bridgehead atoms. The first-order chi connectivity index (χ1) is 18.4. The second-order valence-corrected chi connectivity index (χ2v) is 11.5. The molecule has 3 aromatic rings. The summed E-state index contributed by atoms with van der Waals surface area (Å²) in [7, 11) is 3.73. The van der Waals surface area contributed by atoms with Crippen molar-refractivity contribution in [3.8, 4) is 5.75 Å². The molecule has 38 heavy (non-hydrogen) atoms. The smallest absolute Gasteiger partial charge is 0.226 e. The fourth-order valence-electron chi connectivity index (χ4n) is 7.44. The van der Waals surface area contributed by atoms with Crippen molar-refractivity contribution in [1.82, 2.24) is 14.4 Å². The molecule has 3 aliphatic rings. The van der Waals surface area contributed by atoms with Crippen molar-refractivity contribution in [2.75, 3.05) is 33.4 Å². The molecule has 202 valence electrons. The monoisotopic (exact) mass is 519 g/mol. The number of nitrogens with zero attached hydrogens (tertiary/aromatic N) is 3. The van der Waals surface area contributed by atoms with Crippen LogP contribution in [0.2, 0.25) is 0 Å². The molecule has 0 radical (unpaired) electrons. The van der Waals surface area contributed by atoms with Crippen molar-refractivity contribution in [3.63, 3.8) is 0 Å². The van der Waals surface area contributed by atoms with Crippen LogP contribution in [0, 0.1) is 11.7 Å². The number of methoxy groups -OCH3 is 1. The molecule has 1 aromatic heterocycles. The number of halogens is 1. The van der Waals surface area contributed by atoms with E-state index in [0.29, 0.717) is 6.54 Å². The third kappa shape index (κ3) is 4.20. The average molecular weight is 520 g/mol. The molecule has 1 aliphatic carbocycles. The van der Waals surface area contributed by atoms with Gasteiger partial charge >= 0.3 is 0 Å².